The minimum Gasteiger partial charge on any atom is -0.391 e. The van der Waals surface area contributed by atoms with Crippen LogP contribution in [0.5, 0.6) is 0 Å². The summed E-state index contributed by atoms with van der Waals surface area (Å²) >= 11 is 0.940. The zero-order valence-electron chi connectivity index (χ0n) is 18.0. The predicted octanol–water partition coefficient (Wildman–Crippen LogP) is 2.21. The van der Waals surface area contributed by atoms with Gasteiger partial charge in [0, 0.05) is 29.8 Å². The molecular weight excluding hydrogens is 435 g/mol. The number of nitrogens with two attached hydrogens (primary N) is 2. The maximum absolute atomic E-state index is 14.7. The van der Waals surface area contributed by atoms with Gasteiger partial charge >= 0.3 is 0 Å². The Bertz CT molecular complexity index is 998. The molecule has 0 spiro atoms. The highest BCUT2D eigenvalue weighted by molar-refractivity contribution is 8.13. The van der Waals surface area contributed by atoms with Crippen LogP contribution >= 0.6 is 11.8 Å². The van der Waals surface area contributed by atoms with Crippen molar-refractivity contribution in [1.82, 2.24) is 9.99 Å². The lowest BCUT2D eigenvalue weighted by molar-refractivity contribution is -0.830. The summed E-state index contributed by atoms with van der Waals surface area (Å²) in [7, 11) is 2.95. The number of rotatable bonds is 7. The van der Waals surface area contributed by atoms with Crippen molar-refractivity contribution >= 4 is 34.3 Å². The molecule has 0 radical (unpaired) electrons. The van der Waals surface area contributed by atoms with Gasteiger partial charge in [0.05, 0.1) is 19.3 Å². The number of aromatic nitrogens is 1. The molecule has 172 valence electrons. The van der Waals surface area contributed by atoms with Crippen molar-refractivity contribution in [2.75, 3.05) is 19.5 Å². The van der Waals surface area contributed by atoms with Crippen molar-refractivity contribution in [3.8, 4) is 0 Å². The maximum Gasteiger partial charge on any atom is 0.258 e. The minimum atomic E-state index is -0.602. The van der Waals surface area contributed by atoms with Crippen LogP contribution < -0.4 is 16.6 Å². The van der Waals surface area contributed by atoms with Gasteiger partial charge in [0.1, 0.15) is 0 Å². The number of carbonyl (C=O) groups excluding carboxylic acids is 1. The van der Waals surface area contributed by atoms with Gasteiger partial charge in [-0.25, -0.2) is 20.1 Å². The number of quaternary nitrogens is 1. The second-order valence-electron chi connectivity index (χ2n) is 7.61. The molecule has 1 aromatic carbocycles. The Morgan fingerprint density at radius 2 is 2.16 bits per heavy atom. The Kier molecular flexibility index (Phi) is 8.15. The van der Waals surface area contributed by atoms with Crippen LogP contribution in [-0.2, 0) is 11.4 Å². The first-order valence-electron chi connectivity index (χ1n) is 10.2. The summed E-state index contributed by atoms with van der Waals surface area (Å²) in [6.45, 7) is -0.296. The number of aliphatic hydroxyl groups excluding tert-OH is 1. The van der Waals surface area contributed by atoms with Gasteiger partial charge in [-0.2, -0.15) is 5.48 Å². The lowest BCUT2D eigenvalue weighted by Gasteiger charge is -2.16. The fraction of sp³-hybridized carbons (Fsp3) is 0.381. The number of aliphatic hydroxyl groups is 1. The SMILES string of the molecule is CO[NH2+]c1cc(C(=O)Nc2ncc(C3CCCC3)cc2F)c(SC(=N)N(C)N)cc1CO. The van der Waals surface area contributed by atoms with Crippen LogP contribution in [-0.4, -0.2) is 40.3 Å². The predicted molar refractivity (Wildman–Crippen MR) is 120 cm³/mol. The Morgan fingerprint density at radius 1 is 1.44 bits per heavy atom. The molecule has 11 heteroatoms. The van der Waals surface area contributed by atoms with Crippen LogP contribution in [0.15, 0.2) is 29.3 Å². The molecule has 1 fully saturated rings. The molecule has 0 atom stereocenters. The average Bonchev–Trinajstić information content (AvgIpc) is 3.30. The standard InChI is InChI=1S/C21H27FN6O3S/c1-28(24)21(23)32-18-8-14(11-29)17(27-31-2)9-15(18)20(30)26-19-16(22)7-13(10-25-19)12-5-3-4-6-12/h7-10,12,23,27,29H,3-6,11,24H2,1-2H3,(H,25,26,30)/p+1. The summed E-state index contributed by atoms with van der Waals surface area (Å²) in [5.41, 5.74) is 3.40. The van der Waals surface area contributed by atoms with E-state index in [1.54, 1.807) is 12.3 Å². The van der Waals surface area contributed by atoms with Crippen LogP contribution in [0, 0.1) is 11.2 Å². The van der Waals surface area contributed by atoms with E-state index in [0.29, 0.717) is 22.1 Å². The van der Waals surface area contributed by atoms with E-state index in [1.165, 1.54) is 31.8 Å². The number of hydrogen-bond donors (Lipinski definition) is 5. The number of benzene rings is 1. The number of anilines is 1. The molecule has 3 rings (SSSR count). The van der Waals surface area contributed by atoms with Gasteiger partial charge in [0.2, 0.25) is 0 Å². The molecule has 0 aliphatic heterocycles. The van der Waals surface area contributed by atoms with Gasteiger partial charge in [-0.3, -0.25) is 15.2 Å². The first kappa shape index (κ1) is 24.1. The number of amides is 1. The Labute approximate surface area is 190 Å². The van der Waals surface area contributed by atoms with Crippen molar-refractivity contribution in [1.29, 1.82) is 5.41 Å². The summed E-state index contributed by atoms with van der Waals surface area (Å²) in [6, 6.07) is 4.53. The monoisotopic (exact) mass is 463 g/mol. The summed E-state index contributed by atoms with van der Waals surface area (Å²) in [4.78, 5) is 22.6. The molecule has 1 aromatic heterocycles. The molecule has 1 heterocycles. The molecule has 32 heavy (non-hydrogen) atoms. The average molecular weight is 464 g/mol. The molecule has 1 amide bonds. The number of carbonyl (C=O) groups is 1. The molecule has 9 nitrogen and oxygen atoms in total. The molecule has 0 unspecified atom stereocenters. The maximum atomic E-state index is 14.7. The largest absolute Gasteiger partial charge is 0.391 e. The number of amidine groups is 1. The molecule has 2 aromatic rings. The molecule has 0 bridgehead atoms. The third-order valence-corrected chi connectivity index (χ3v) is 6.39. The Hall–Kier alpha value is -2.57. The number of hydrogen-bond acceptors (Lipinski definition) is 7. The smallest absolute Gasteiger partial charge is 0.258 e. The zero-order chi connectivity index (χ0) is 23.3. The van der Waals surface area contributed by atoms with Crippen molar-refractivity contribution in [2.45, 2.75) is 43.1 Å². The lowest BCUT2D eigenvalue weighted by Crippen LogP contribution is -2.76. The van der Waals surface area contributed by atoms with Crippen LogP contribution in [0.2, 0.25) is 0 Å². The van der Waals surface area contributed by atoms with Crippen molar-refractivity contribution < 1.29 is 24.6 Å². The van der Waals surface area contributed by atoms with Gasteiger partial charge in [0.25, 0.3) is 5.91 Å². The molecule has 1 aliphatic rings. The second kappa shape index (κ2) is 10.8. The minimum absolute atomic E-state index is 0.0170. The van der Waals surface area contributed by atoms with E-state index in [9.17, 15) is 14.3 Å². The topological polar surface area (TPSA) is 141 Å². The van der Waals surface area contributed by atoms with Gasteiger partial charge in [0.15, 0.2) is 22.5 Å². The van der Waals surface area contributed by atoms with Crippen molar-refractivity contribution in [3.63, 3.8) is 0 Å². The Morgan fingerprint density at radius 3 is 2.75 bits per heavy atom. The highest BCUT2D eigenvalue weighted by Gasteiger charge is 2.23. The molecular formula is C21H28FN6O3S+. The van der Waals surface area contributed by atoms with E-state index >= 15 is 0 Å². The van der Waals surface area contributed by atoms with E-state index < -0.39 is 11.7 Å². The van der Waals surface area contributed by atoms with Gasteiger partial charge in [-0.05, 0) is 36.5 Å². The number of hydrazine groups is 1. The molecule has 0 saturated heterocycles. The van der Waals surface area contributed by atoms with E-state index in [2.05, 4.69) is 10.3 Å². The molecule has 1 saturated carbocycles. The highest BCUT2D eigenvalue weighted by atomic mass is 32.2. The van der Waals surface area contributed by atoms with E-state index in [4.69, 9.17) is 16.1 Å². The number of halogens is 1. The molecule has 7 N–H and O–H groups in total. The Balaban J connectivity index is 1.91. The highest BCUT2D eigenvalue weighted by Crippen LogP contribution is 2.35. The summed E-state index contributed by atoms with van der Waals surface area (Å²) in [5, 5.41) is 21.3. The van der Waals surface area contributed by atoms with Crippen LogP contribution in [0.4, 0.5) is 15.9 Å². The first-order chi connectivity index (χ1) is 15.3. The van der Waals surface area contributed by atoms with Gasteiger partial charge in [-0.1, -0.05) is 24.6 Å². The van der Waals surface area contributed by atoms with Crippen molar-refractivity contribution in [3.05, 3.63) is 46.9 Å². The number of thioether (sulfide) groups is 1. The van der Waals surface area contributed by atoms with Crippen LogP contribution in [0.25, 0.3) is 0 Å². The second-order valence-corrected chi connectivity index (χ2v) is 8.64. The first-order valence-corrected chi connectivity index (χ1v) is 11.0. The van der Waals surface area contributed by atoms with Crippen LogP contribution in [0.3, 0.4) is 0 Å². The fourth-order valence-electron chi connectivity index (χ4n) is 3.65. The third-order valence-electron chi connectivity index (χ3n) is 5.35. The number of nitrogens with zero attached hydrogens (tertiary/aromatic N) is 2. The van der Waals surface area contributed by atoms with Crippen LogP contribution in [0.1, 0.15) is 53.1 Å². The van der Waals surface area contributed by atoms with E-state index in [0.717, 1.165) is 48.0 Å². The normalized spacial score (nSPS) is 13.9. The fourth-order valence-corrected chi connectivity index (χ4v) is 4.47. The van der Waals surface area contributed by atoms with E-state index in [-0.39, 0.29) is 23.2 Å². The van der Waals surface area contributed by atoms with Crippen molar-refractivity contribution in [2.24, 2.45) is 5.84 Å². The lowest BCUT2D eigenvalue weighted by atomic mass is 9.99. The molecule has 1 aliphatic carbocycles. The zero-order valence-corrected chi connectivity index (χ0v) is 18.8. The summed E-state index contributed by atoms with van der Waals surface area (Å²) in [5.74, 6) is 4.57. The third kappa shape index (κ3) is 5.61. The van der Waals surface area contributed by atoms with Gasteiger partial charge in [-0.15, -0.1) is 0 Å². The summed E-state index contributed by atoms with van der Waals surface area (Å²) < 4.78 is 14.7. The number of nitrogens with one attached hydrogen (secondary N) is 2. The van der Waals surface area contributed by atoms with E-state index in [1.807, 2.05) is 0 Å². The number of pyridine rings is 1. The quantitative estimate of drug-likeness (QED) is 0.106. The summed E-state index contributed by atoms with van der Waals surface area (Å²) in [6.07, 6.45) is 5.91. The van der Waals surface area contributed by atoms with Gasteiger partial charge < -0.3 is 10.4 Å².